The maximum Gasteiger partial charge on any atom is 0.251 e. The first-order valence-corrected chi connectivity index (χ1v) is 7.99. The quantitative estimate of drug-likeness (QED) is 0.892. The molecule has 1 aromatic rings. The number of carbonyl (C=O) groups is 1. The summed E-state index contributed by atoms with van der Waals surface area (Å²) in [6.45, 7) is 3.25. The van der Waals surface area contributed by atoms with E-state index in [-0.39, 0.29) is 11.9 Å². The molecule has 3 aliphatic heterocycles. The predicted octanol–water partition coefficient (Wildman–Crippen LogP) is 1.54. The van der Waals surface area contributed by atoms with Gasteiger partial charge in [0, 0.05) is 18.2 Å². The average Bonchev–Trinajstić information content (AvgIpc) is 2.61. The zero-order valence-corrected chi connectivity index (χ0v) is 13.9. The zero-order chi connectivity index (χ0) is 16.4. The van der Waals surface area contributed by atoms with Crippen molar-refractivity contribution < 1.29 is 19.0 Å². The summed E-state index contributed by atoms with van der Waals surface area (Å²) in [5, 5.41) is 3.17. The standard InChI is InChI=1S/C17H24N2O4/c1-21-14-8-12(9-15(22-2)16(14)23-3)17(20)18-13-10-19-6-4-11(13)5-7-19/h8-9,11,13H,4-7,10H2,1-3H3,(H,18,20)/t13-/m1/s1. The Kier molecular flexibility index (Phi) is 4.61. The van der Waals surface area contributed by atoms with Crippen LogP contribution in [0.2, 0.25) is 0 Å². The van der Waals surface area contributed by atoms with E-state index in [1.54, 1.807) is 33.5 Å². The molecule has 1 amide bonds. The van der Waals surface area contributed by atoms with Crippen molar-refractivity contribution in [1.82, 2.24) is 10.2 Å². The highest BCUT2D eigenvalue weighted by molar-refractivity contribution is 5.95. The monoisotopic (exact) mass is 320 g/mol. The van der Waals surface area contributed by atoms with Crippen molar-refractivity contribution in [2.75, 3.05) is 41.0 Å². The molecular weight excluding hydrogens is 296 g/mol. The van der Waals surface area contributed by atoms with Gasteiger partial charge in [0.25, 0.3) is 5.91 Å². The molecule has 0 aromatic heterocycles. The number of amides is 1. The number of rotatable bonds is 5. The van der Waals surface area contributed by atoms with E-state index in [0.717, 1.165) is 19.6 Å². The molecule has 23 heavy (non-hydrogen) atoms. The molecular formula is C17H24N2O4. The Labute approximate surface area is 136 Å². The second-order valence-corrected chi connectivity index (χ2v) is 6.13. The number of carbonyl (C=O) groups excluding carboxylic acids is 1. The van der Waals surface area contributed by atoms with Gasteiger partial charge in [0.15, 0.2) is 11.5 Å². The number of hydrogen-bond acceptors (Lipinski definition) is 5. The Morgan fingerprint density at radius 3 is 2.13 bits per heavy atom. The van der Waals surface area contributed by atoms with Gasteiger partial charge in [-0.1, -0.05) is 0 Å². The summed E-state index contributed by atoms with van der Waals surface area (Å²) >= 11 is 0. The summed E-state index contributed by atoms with van der Waals surface area (Å²) in [5.41, 5.74) is 0.524. The molecule has 0 radical (unpaired) electrons. The maximum absolute atomic E-state index is 12.6. The summed E-state index contributed by atoms with van der Waals surface area (Å²) < 4.78 is 15.9. The number of hydrogen-bond donors (Lipinski definition) is 1. The first kappa shape index (κ1) is 15.9. The van der Waals surface area contributed by atoms with Crippen LogP contribution < -0.4 is 19.5 Å². The van der Waals surface area contributed by atoms with Gasteiger partial charge in [0.2, 0.25) is 5.75 Å². The lowest BCUT2D eigenvalue weighted by Gasteiger charge is -2.44. The highest BCUT2D eigenvalue weighted by Gasteiger charge is 2.35. The van der Waals surface area contributed by atoms with Gasteiger partial charge in [0.05, 0.1) is 21.3 Å². The first-order chi connectivity index (χ1) is 11.2. The van der Waals surface area contributed by atoms with Crippen LogP contribution in [-0.2, 0) is 0 Å². The molecule has 0 saturated carbocycles. The van der Waals surface area contributed by atoms with Crippen LogP contribution in [0.4, 0.5) is 0 Å². The van der Waals surface area contributed by atoms with Crippen molar-refractivity contribution in [3.8, 4) is 17.2 Å². The van der Waals surface area contributed by atoms with Gasteiger partial charge in [-0.05, 0) is 44.0 Å². The molecule has 0 unspecified atom stereocenters. The predicted molar refractivity (Wildman–Crippen MR) is 86.5 cm³/mol. The van der Waals surface area contributed by atoms with Gasteiger partial charge in [0.1, 0.15) is 0 Å². The van der Waals surface area contributed by atoms with Crippen LogP contribution in [0.5, 0.6) is 17.2 Å². The third-order valence-corrected chi connectivity index (χ3v) is 4.90. The second-order valence-electron chi connectivity index (χ2n) is 6.13. The van der Waals surface area contributed by atoms with E-state index < -0.39 is 0 Å². The third kappa shape index (κ3) is 3.08. The smallest absolute Gasteiger partial charge is 0.251 e. The minimum atomic E-state index is -0.0944. The molecule has 2 bridgehead atoms. The van der Waals surface area contributed by atoms with Crippen LogP contribution in [-0.4, -0.2) is 57.8 Å². The van der Waals surface area contributed by atoms with Gasteiger partial charge in [-0.25, -0.2) is 0 Å². The van der Waals surface area contributed by atoms with Gasteiger partial charge >= 0.3 is 0 Å². The lowest BCUT2D eigenvalue weighted by atomic mass is 9.84. The third-order valence-electron chi connectivity index (χ3n) is 4.90. The maximum atomic E-state index is 12.6. The second kappa shape index (κ2) is 6.66. The first-order valence-electron chi connectivity index (χ1n) is 7.99. The SMILES string of the molecule is COc1cc(C(=O)N[C@@H]2CN3CCC2CC3)cc(OC)c1OC. The van der Waals surface area contributed by atoms with Gasteiger partial charge < -0.3 is 24.4 Å². The van der Waals surface area contributed by atoms with E-state index >= 15 is 0 Å². The van der Waals surface area contributed by atoms with Crippen molar-refractivity contribution in [3.05, 3.63) is 17.7 Å². The Morgan fingerprint density at radius 1 is 1.09 bits per heavy atom. The van der Waals surface area contributed by atoms with Crippen molar-refractivity contribution in [2.24, 2.45) is 5.92 Å². The average molecular weight is 320 g/mol. The molecule has 3 aliphatic rings. The molecule has 3 fully saturated rings. The van der Waals surface area contributed by atoms with Gasteiger partial charge in [-0.15, -0.1) is 0 Å². The fourth-order valence-electron chi connectivity index (χ4n) is 3.59. The minimum Gasteiger partial charge on any atom is -0.493 e. The number of methoxy groups -OCH3 is 3. The zero-order valence-electron chi connectivity index (χ0n) is 13.9. The minimum absolute atomic E-state index is 0.0944. The van der Waals surface area contributed by atoms with Crippen molar-refractivity contribution in [3.63, 3.8) is 0 Å². The Morgan fingerprint density at radius 2 is 1.70 bits per heavy atom. The van der Waals surface area contributed by atoms with Crippen molar-refractivity contribution in [2.45, 2.75) is 18.9 Å². The lowest BCUT2D eigenvalue weighted by molar-refractivity contribution is 0.0620. The van der Waals surface area contributed by atoms with E-state index in [1.165, 1.54) is 12.8 Å². The molecule has 1 aromatic carbocycles. The molecule has 6 nitrogen and oxygen atoms in total. The summed E-state index contributed by atoms with van der Waals surface area (Å²) in [6.07, 6.45) is 2.33. The van der Waals surface area contributed by atoms with E-state index in [9.17, 15) is 4.79 Å². The molecule has 0 aliphatic carbocycles. The van der Waals surface area contributed by atoms with Crippen LogP contribution in [0, 0.1) is 5.92 Å². The molecule has 3 saturated heterocycles. The number of nitrogens with zero attached hydrogens (tertiary/aromatic N) is 1. The molecule has 4 rings (SSSR count). The van der Waals surface area contributed by atoms with E-state index in [2.05, 4.69) is 10.2 Å². The van der Waals surface area contributed by atoms with Gasteiger partial charge in [-0.2, -0.15) is 0 Å². The highest BCUT2D eigenvalue weighted by atomic mass is 16.5. The van der Waals surface area contributed by atoms with Gasteiger partial charge in [-0.3, -0.25) is 4.79 Å². The van der Waals surface area contributed by atoms with E-state index in [0.29, 0.717) is 28.7 Å². The Balaban J connectivity index is 1.79. The van der Waals surface area contributed by atoms with Crippen LogP contribution in [0.15, 0.2) is 12.1 Å². The van der Waals surface area contributed by atoms with E-state index in [4.69, 9.17) is 14.2 Å². The van der Waals surface area contributed by atoms with Crippen LogP contribution >= 0.6 is 0 Å². The summed E-state index contributed by atoms with van der Waals surface area (Å²) in [6, 6.07) is 3.61. The van der Waals surface area contributed by atoms with Crippen LogP contribution in [0.3, 0.4) is 0 Å². The number of nitrogens with one attached hydrogen (secondary N) is 1. The molecule has 6 heteroatoms. The Bertz CT molecular complexity index is 557. The number of fused-ring (bicyclic) bond motifs is 3. The fourth-order valence-corrected chi connectivity index (χ4v) is 3.59. The molecule has 126 valence electrons. The molecule has 1 atom stereocenters. The largest absolute Gasteiger partial charge is 0.493 e. The van der Waals surface area contributed by atoms with Crippen LogP contribution in [0.1, 0.15) is 23.2 Å². The normalized spacial score (nSPS) is 25.8. The number of ether oxygens (including phenoxy) is 3. The Hall–Kier alpha value is -1.95. The van der Waals surface area contributed by atoms with Crippen molar-refractivity contribution in [1.29, 1.82) is 0 Å². The fraction of sp³-hybridized carbons (Fsp3) is 0.588. The topological polar surface area (TPSA) is 60.0 Å². The highest BCUT2D eigenvalue weighted by Crippen LogP contribution is 2.38. The summed E-state index contributed by atoms with van der Waals surface area (Å²) in [5.74, 6) is 1.97. The summed E-state index contributed by atoms with van der Waals surface area (Å²) in [7, 11) is 4.64. The molecule has 0 spiro atoms. The van der Waals surface area contributed by atoms with Crippen molar-refractivity contribution >= 4 is 5.91 Å². The lowest BCUT2D eigenvalue weighted by Crippen LogP contribution is -2.57. The number of benzene rings is 1. The number of piperidine rings is 3. The molecule has 3 heterocycles. The van der Waals surface area contributed by atoms with E-state index in [1.807, 2.05) is 0 Å². The summed E-state index contributed by atoms with van der Waals surface area (Å²) in [4.78, 5) is 15.1. The van der Waals surface area contributed by atoms with Crippen LogP contribution in [0.25, 0.3) is 0 Å². The molecule has 1 N–H and O–H groups in total.